The minimum Gasteiger partial charge on any atom is -0.388 e. The first kappa shape index (κ1) is 16.8. The van der Waals surface area contributed by atoms with E-state index < -0.39 is 6.10 Å². The second-order valence-electron chi connectivity index (χ2n) is 4.76. The zero-order valence-corrected chi connectivity index (χ0v) is 15.0. The molecule has 0 aliphatic heterocycles. The van der Waals surface area contributed by atoms with E-state index in [1.807, 2.05) is 24.6 Å². The Kier molecular flexibility index (Phi) is 5.72. The van der Waals surface area contributed by atoms with Crippen LogP contribution in [0.1, 0.15) is 36.9 Å². The lowest BCUT2D eigenvalue weighted by Gasteiger charge is -2.14. The number of aliphatic hydroxyl groups excluding tert-OH is 1. The van der Waals surface area contributed by atoms with E-state index in [2.05, 4.69) is 21.0 Å². The monoisotopic (exact) mass is 390 g/mol. The lowest BCUT2D eigenvalue weighted by Crippen LogP contribution is -2.09. The lowest BCUT2D eigenvalue weighted by atomic mass is 10.0. The van der Waals surface area contributed by atoms with E-state index in [4.69, 9.17) is 23.2 Å². The number of hydrogen-bond donors (Lipinski definition) is 1. The number of rotatable bonds is 5. The van der Waals surface area contributed by atoms with Gasteiger partial charge < -0.3 is 5.11 Å². The number of nitrogens with zero attached hydrogens (tertiary/aromatic N) is 2. The van der Waals surface area contributed by atoms with Gasteiger partial charge in [0, 0.05) is 22.5 Å². The average Bonchev–Trinajstić information content (AvgIpc) is 2.77. The Bertz CT molecular complexity index is 643. The van der Waals surface area contributed by atoms with Crippen molar-refractivity contribution in [3.8, 4) is 0 Å². The third kappa shape index (κ3) is 3.62. The predicted octanol–water partition coefficient (Wildman–Crippen LogP) is 4.81. The molecule has 1 heterocycles. The molecule has 21 heavy (non-hydrogen) atoms. The van der Waals surface area contributed by atoms with Crippen LogP contribution in [0.5, 0.6) is 0 Å². The van der Waals surface area contributed by atoms with Crippen molar-refractivity contribution < 1.29 is 5.11 Å². The highest BCUT2D eigenvalue weighted by atomic mass is 79.9. The van der Waals surface area contributed by atoms with E-state index in [1.165, 1.54) is 0 Å². The van der Waals surface area contributed by atoms with Gasteiger partial charge in [0.15, 0.2) is 0 Å². The molecule has 2 rings (SSSR count). The van der Waals surface area contributed by atoms with Gasteiger partial charge in [0.05, 0.1) is 22.5 Å². The fourth-order valence-electron chi connectivity index (χ4n) is 2.28. The normalized spacial score (nSPS) is 12.7. The van der Waals surface area contributed by atoms with Crippen LogP contribution in [0, 0.1) is 0 Å². The number of hydrogen-bond acceptors (Lipinski definition) is 2. The van der Waals surface area contributed by atoms with Gasteiger partial charge in [0.25, 0.3) is 0 Å². The van der Waals surface area contributed by atoms with Crippen LogP contribution in [0.2, 0.25) is 10.0 Å². The number of aliphatic hydroxyl groups is 1. The topological polar surface area (TPSA) is 38.0 Å². The van der Waals surface area contributed by atoms with E-state index >= 15 is 0 Å². The van der Waals surface area contributed by atoms with Gasteiger partial charge in [-0.1, -0.05) is 46.1 Å². The Morgan fingerprint density at radius 3 is 2.67 bits per heavy atom. The zero-order valence-electron chi connectivity index (χ0n) is 11.9. The highest BCUT2D eigenvalue weighted by Crippen LogP contribution is 2.31. The third-order valence-corrected chi connectivity index (χ3v) is 4.79. The molecule has 1 unspecified atom stereocenters. The van der Waals surface area contributed by atoms with E-state index in [9.17, 15) is 5.11 Å². The second-order valence-corrected chi connectivity index (χ2v) is 6.43. The zero-order chi connectivity index (χ0) is 15.6. The molecule has 0 spiro atoms. The number of aryl methyl sites for hydroxylation is 2. The van der Waals surface area contributed by atoms with Gasteiger partial charge in [0.1, 0.15) is 0 Å². The molecular formula is C15H17BrCl2N2O. The highest BCUT2D eigenvalue weighted by Gasteiger charge is 2.20. The molecule has 114 valence electrons. The van der Waals surface area contributed by atoms with Crippen molar-refractivity contribution in [3.05, 3.63) is 49.7 Å². The van der Waals surface area contributed by atoms with Crippen molar-refractivity contribution in [2.75, 3.05) is 0 Å². The summed E-state index contributed by atoms with van der Waals surface area (Å²) in [6.45, 7) is 4.74. The van der Waals surface area contributed by atoms with Crippen LogP contribution < -0.4 is 0 Å². The van der Waals surface area contributed by atoms with Gasteiger partial charge in [-0.3, -0.25) is 4.68 Å². The molecular weight excluding hydrogens is 375 g/mol. The standard InChI is InChI=1S/C15H17BrCl2N2O/c1-3-12-15(18)13(20(4-2)19-12)8-14(21)10-7-9(17)5-6-11(10)16/h5-7,14,21H,3-4,8H2,1-2H3. The maximum Gasteiger partial charge on any atom is 0.0857 e. The highest BCUT2D eigenvalue weighted by molar-refractivity contribution is 9.10. The third-order valence-electron chi connectivity index (χ3n) is 3.40. The summed E-state index contributed by atoms with van der Waals surface area (Å²) in [5, 5.41) is 16.2. The lowest BCUT2D eigenvalue weighted by molar-refractivity contribution is 0.174. The van der Waals surface area contributed by atoms with Crippen molar-refractivity contribution in [2.24, 2.45) is 0 Å². The van der Waals surface area contributed by atoms with E-state index in [0.29, 0.717) is 16.5 Å². The Morgan fingerprint density at radius 1 is 1.33 bits per heavy atom. The molecule has 1 N–H and O–H groups in total. The summed E-state index contributed by atoms with van der Waals surface area (Å²) < 4.78 is 2.68. The van der Waals surface area contributed by atoms with Gasteiger partial charge in [0.2, 0.25) is 0 Å². The molecule has 0 aliphatic carbocycles. The molecule has 0 fully saturated rings. The molecule has 0 saturated carbocycles. The Hall–Kier alpha value is -0.550. The molecule has 0 radical (unpaired) electrons. The largest absolute Gasteiger partial charge is 0.388 e. The van der Waals surface area contributed by atoms with Crippen LogP contribution in [0.4, 0.5) is 0 Å². The maximum atomic E-state index is 10.5. The first-order chi connectivity index (χ1) is 9.97. The first-order valence-corrected chi connectivity index (χ1v) is 8.39. The van der Waals surface area contributed by atoms with Gasteiger partial charge in [-0.25, -0.2) is 0 Å². The van der Waals surface area contributed by atoms with Crippen molar-refractivity contribution in [1.82, 2.24) is 9.78 Å². The quantitative estimate of drug-likeness (QED) is 0.793. The Labute approximate surface area is 143 Å². The molecule has 2 aromatic rings. The van der Waals surface area contributed by atoms with Gasteiger partial charge in [-0.2, -0.15) is 5.10 Å². The Morgan fingerprint density at radius 2 is 2.05 bits per heavy atom. The summed E-state index contributed by atoms with van der Waals surface area (Å²) in [4.78, 5) is 0. The van der Waals surface area contributed by atoms with Crippen LogP contribution in [0.15, 0.2) is 22.7 Å². The Balaban J connectivity index is 2.33. The molecule has 1 aromatic heterocycles. The smallest absolute Gasteiger partial charge is 0.0857 e. The molecule has 0 aliphatic rings. The minimum atomic E-state index is -0.692. The fraction of sp³-hybridized carbons (Fsp3) is 0.400. The molecule has 1 aromatic carbocycles. The van der Waals surface area contributed by atoms with Gasteiger partial charge >= 0.3 is 0 Å². The van der Waals surface area contributed by atoms with Gasteiger partial charge in [-0.05, 0) is 37.1 Å². The summed E-state index contributed by atoms with van der Waals surface area (Å²) in [5.41, 5.74) is 2.47. The van der Waals surface area contributed by atoms with Crippen molar-refractivity contribution in [1.29, 1.82) is 0 Å². The van der Waals surface area contributed by atoms with Crippen LogP contribution in [0.25, 0.3) is 0 Å². The fourth-order valence-corrected chi connectivity index (χ4v) is 3.31. The predicted molar refractivity (Wildman–Crippen MR) is 90.1 cm³/mol. The van der Waals surface area contributed by atoms with Crippen molar-refractivity contribution in [3.63, 3.8) is 0 Å². The van der Waals surface area contributed by atoms with E-state index in [-0.39, 0.29) is 0 Å². The van der Waals surface area contributed by atoms with Crippen LogP contribution >= 0.6 is 39.1 Å². The van der Waals surface area contributed by atoms with E-state index in [1.54, 1.807) is 12.1 Å². The summed E-state index contributed by atoms with van der Waals surface area (Å²) >= 11 is 15.8. The van der Waals surface area contributed by atoms with Gasteiger partial charge in [-0.15, -0.1) is 0 Å². The van der Waals surface area contributed by atoms with Crippen molar-refractivity contribution in [2.45, 2.75) is 39.3 Å². The van der Waals surface area contributed by atoms with Crippen LogP contribution in [-0.4, -0.2) is 14.9 Å². The number of benzene rings is 1. The summed E-state index contributed by atoms with van der Waals surface area (Å²) in [5.74, 6) is 0. The average molecular weight is 392 g/mol. The van der Waals surface area contributed by atoms with E-state index in [0.717, 1.165) is 34.4 Å². The molecule has 3 nitrogen and oxygen atoms in total. The number of aromatic nitrogens is 2. The number of halogens is 3. The van der Waals surface area contributed by atoms with Crippen LogP contribution in [0.3, 0.4) is 0 Å². The van der Waals surface area contributed by atoms with Crippen molar-refractivity contribution >= 4 is 39.1 Å². The SMILES string of the molecule is CCc1nn(CC)c(CC(O)c2cc(Cl)ccc2Br)c1Cl. The minimum absolute atomic E-state index is 0.401. The molecule has 0 saturated heterocycles. The molecule has 0 amide bonds. The maximum absolute atomic E-state index is 10.5. The molecule has 0 bridgehead atoms. The molecule has 6 heteroatoms. The summed E-state index contributed by atoms with van der Waals surface area (Å²) in [6.07, 6.45) is 0.483. The second kappa shape index (κ2) is 7.14. The summed E-state index contributed by atoms with van der Waals surface area (Å²) in [6, 6.07) is 5.37. The molecule has 1 atom stereocenters. The summed E-state index contributed by atoms with van der Waals surface area (Å²) in [7, 11) is 0. The van der Waals surface area contributed by atoms with Crippen LogP contribution in [-0.2, 0) is 19.4 Å². The first-order valence-electron chi connectivity index (χ1n) is 6.84.